The van der Waals surface area contributed by atoms with Gasteiger partial charge in [-0.05, 0) is 12.5 Å². The largest absolute Gasteiger partial charge is 0.348 e. The van der Waals surface area contributed by atoms with E-state index in [1.807, 2.05) is 13.0 Å². The van der Waals surface area contributed by atoms with Crippen LogP contribution in [0.4, 0.5) is 0 Å². The van der Waals surface area contributed by atoms with E-state index < -0.39 is 0 Å². The Kier molecular flexibility index (Phi) is 1.94. The predicted molar refractivity (Wildman–Crippen MR) is 45.0 cm³/mol. The zero-order valence-corrected chi connectivity index (χ0v) is 6.61. The quantitative estimate of drug-likeness (QED) is 0.557. The van der Waals surface area contributed by atoms with E-state index >= 15 is 0 Å². The highest BCUT2D eigenvalue weighted by Gasteiger charge is 2.18. The SMILES string of the molecule is C=C(C)/C=C1/CNC(=O)C1=C. The van der Waals surface area contributed by atoms with E-state index in [0.29, 0.717) is 12.1 Å². The first-order valence-corrected chi connectivity index (χ1v) is 3.45. The van der Waals surface area contributed by atoms with E-state index in [2.05, 4.69) is 18.5 Å². The monoisotopic (exact) mass is 149 g/mol. The Labute approximate surface area is 66.3 Å². The van der Waals surface area contributed by atoms with Gasteiger partial charge in [0.05, 0.1) is 0 Å². The molecule has 1 aliphatic rings. The fraction of sp³-hybridized carbons (Fsp3) is 0.222. The van der Waals surface area contributed by atoms with Crippen LogP contribution >= 0.6 is 0 Å². The normalized spacial score (nSPS) is 20.6. The van der Waals surface area contributed by atoms with E-state index in [4.69, 9.17) is 0 Å². The Bertz CT molecular complexity index is 261. The van der Waals surface area contributed by atoms with Gasteiger partial charge in [0, 0.05) is 12.1 Å². The Morgan fingerprint density at radius 1 is 1.73 bits per heavy atom. The van der Waals surface area contributed by atoms with Gasteiger partial charge in [0.15, 0.2) is 0 Å². The van der Waals surface area contributed by atoms with Gasteiger partial charge < -0.3 is 5.32 Å². The van der Waals surface area contributed by atoms with Crippen molar-refractivity contribution in [1.29, 1.82) is 0 Å². The molecule has 2 nitrogen and oxygen atoms in total. The zero-order chi connectivity index (χ0) is 8.43. The second kappa shape index (κ2) is 2.74. The lowest BCUT2D eigenvalue weighted by Gasteiger charge is -1.93. The molecule has 0 aliphatic carbocycles. The summed E-state index contributed by atoms with van der Waals surface area (Å²) < 4.78 is 0. The Morgan fingerprint density at radius 2 is 2.36 bits per heavy atom. The summed E-state index contributed by atoms with van der Waals surface area (Å²) in [6.45, 7) is 9.85. The van der Waals surface area contributed by atoms with Crippen molar-refractivity contribution in [2.45, 2.75) is 6.92 Å². The maximum absolute atomic E-state index is 10.9. The van der Waals surface area contributed by atoms with Crippen molar-refractivity contribution in [2.24, 2.45) is 0 Å². The summed E-state index contributed by atoms with van der Waals surface area (Å²) in [6.07, 6.45) is 1.88. The number of amides is 1. The lowest BCUT2D eigenvalue weighted by molar-refractivity contribution is -0.116. The molecule has 1 heterocycles. The van der Waals surface area contributed by atoms with Gasteiger partial charge in [0.25, 0.3) is 5.91 Å². The third kappa shape index (κ3) is 1.58. The highest BCUT2D eigenvalue weighted by molar-refractivity contribution is 6.00. The van der Waals surface area contributed by atoms with Gasteiger partial charge in [-0.1, -0.05) is 24.8 Å². The van der Waals surface area contributed by atoms with Crippen LogP contribution in [0.2, 0.25) is 0 Å². The molecule has 2 heteroatoms. The summed E-state index contributed by atoms with van der Waals surface area (Å²) in [6, 6.07) is 0. The minimum atomic E-state index is -0.0718. The number of carbonyl (C=O) groups is 1. The smallest absolute Gasteiger partial charge is 0.251 e. The van der Waals surface area contributed by atoms with Gasteiger partial charge in [0.2, 0.25) is 0 Å². The van der Waals surface area contributed by atoms with Crippen LogP contribution in [-0.4, -0.2) is 12.5 Å². The number of hydrogen-bond acceptors (Lipinski definition) is 1. The first-order chi connectivity index (χ1) is 5.11. The molecule has 0 aromatic heterocycles. The summed E-state index contributed by atoms with van der Waals surface area (Å²) in [5, 5.41) is 2.68. The number of carbonyl (C=O) groups excluding carboxylic acids is 1. The molecule has 1 aliphatic heterocycles. The minimum Gasteiger partial charge on any atom is -0.348 e. The fourth-order valence-corrected chi connectivity index (χ4v) is 0.970. The van der Waals surface area contributed by atoms with Crippen molar-refractivity contribution in [3.63, 3.8) is 0 Å². The molecule has 0 aromatic carbocycles. The standard InChI is InChI=1S/C9H11NO/c1-6(2)4-8-5-10-9(11)7(8)3/h4H,1,3,5H2,2H3,(H,10,11)/b8-4-. The fourth-order valence-electron chi connectivity index (χ4n) is 0.970. The summed E-state index contributed by atoms with van der Waals surface area (Å²) in [4.78, 5) is 10.9. The molecule has 1 amide bonds. The molecule has 0 saturated carbocycles. The second-order valence-electron chi connectivity index (χ2n) is 2.68. The lowest BCUT2D eigenvalue weighted by Crippen LogP contribution is -2.13. The first-order valence-electron chi connectivity index (χ1n) is 3.45. The van der Waals surface area contributed by atoms with E-state index in [1.54, 1.807) is 0 Å². The Hall–Kier alpha value is -1.31. The molecule has 1 fully saturated rings. The van der Waals surface area contributed by atoms with Crippen molar-refractivity contribution in [2.75, 3.05) is 6.54 Å². The molecule has 0 aromatic rings. The van der Waals surface area contributed by atoms with Gasteiger partial charge in [-0.3, -0.25) is 4.79 Å². The molecule has 58 valence electrons. The maximum Gasteiger partial charge on any atom is 0.251 e. The van der Waals surface area contributed by atoms with Crippen LogP contribution in [-0.2, 0) is 4.79 Å². The second-order valence-corrected chi connectivity index (χ2v) is 2.68. The van der Waals surface area contributed by atoms with E-state index in [1.165, 1.54) is 0 Å². The Balaban J connectivity index is 2.85. The third-order valence-corrected chi connectivity index (χ3v) is 1.52. The van der Waals surface area contributed by atoms with Crippen molar-refractivity contribution < 1.29 is 4.79 Å². The van der Waals surface area contributed by atoms with Crippen LogP contribution in [0.15, 0.2) is 36.0 Å². The number of allylic oxidation sites excluding steroid dienone is 2. The van der Waals surface area contributed by atoms with Gasteiger partial charge in [0.1, 0.15) is 0 Å². The molecule has 0 radical (unpaired) electrons. The number of nitrogens with one attached hydrogen (secondary N) is 1. The molecular weight excluding hydrogens is 138 g/mol. The summed E-state index contributed by atoms with van der Waals surface area (Å²) in [7, 11) is 0. The van der Waals surface area contributed by atoms with Gasteiger partial charge in [-0.25, -0.2) is 0 Å². The van der Waals surface area contributed by atoms with E-state index in [9.17, 15) is 4.79 Å². The molecule has 1 saturated heterocycles. The maximum atomic E-state index is 10.9. The highest BCUT2D eigenvalue weighted by atomic mass is 16.1. The zero-order valence-electron chi connectivity index (χ0n) is 6.61. The summed E-state index contributed by atoms with van der Waals surface area (Å²) in [5.74, 6) is -0.0718. The lowest BCUT2D eigenvalue weighted by atomic mass is 10.1. The molecular formula is C9H11NO. The predicted octanol–water partition coefficient (Wildman–Crippen LogP) is 1.17. The van der Waals surface area contributed by atoms with Crippen molar-refractivity contribution in [1.82, 2.24) is 5.32 Å². The minimum absolute atomic E-state index is 0.0718. The van der Waals surface area contributed by atoms with Crippen molar-refractivity contribution in [3.05, 3.63) is 36.0 Å². The number of rotatable bonds is 1. The molecule has 0 unspecified atom stereocenters. The molecule has 1 rings (SSSR count). The summed E-state index contributed by atoms with van der Waals surface area (Å²) in [5.41, 5.74) is 2.45. The van der Waals surface area contributed by atoms with Crippen LogP contribution in [0.5, 0.6) is 0 Å². The molecule has 0 bridgehead atoms. The van der Waals surface area contributed by atoms with Gasteiger partial charge in [-0.2, -0.15) is 0 Å². The summed E-state index contributed by atoms with van der Waals surface area (Å²) >= 11 is 0. The van der Waals surface area contributed by atoms with Crippen molar-refractivity contribution >= 4 is 5.91 Å². The van der Waals surface area contributed by atoms with Gasteiger partial charge >= 0.3 is 0 Å². The molecule has 0 atom stereocenters. The van der Waals surface area contributed by atoms with E-state index in [0.717, 1.165) is 11.1 Å². The average molecular weight is 149 g/mol. The van der Waals surface area contributed by atoms with Crippen LogP contribution < -0.4 is 5.32 Å². The van der Waals surface area contributed by atoms with Crippen LogP contribution in [0.3, 0.4) is 0 Å². The van der Waals surface area contributed by atoms with Crippen LogP contribution in [0.1, 0.15) is 6.92 Å². The first kappa shape index (κ1) is 7.79. The third-order valence-electron chi connectivity index (χ3n) is 1.52. The van der Waals surface area contributed by atoms with E-state index in [-0.39, 0.29) is 5.91 Å². The topological polar surface area (TPSA) is 29.1 Å². The molecule has 11 heavy (non-hydrogen) atoms. The average Bonchev–Trinajstić information content (AvgIpc) is 2.18. The number of hydrogen-bond donors (Lipinski definition) is 1. The van der Waals surface area contributed by atoms with Crippen LogP contribution in [0, 0.1) is 0 Å². The molecule has 1 N–H and O–H groups in total. The van der Waals surface area contributed by atoms with Crippen molar-refractivity contribution in [3.8, 4) is 0 Å². The Morgan fingerprint density at radius 3 is 2.73 bits per heavy atom. The molecule has 0 spiro atoms. The highest BCUT2D eigenvalue weighted by Crippen LogP contribution is 2.14. The van der Waals surface area contributed by atoms with Gasteiger partial charge in [-0.15, -0.1) is 0 Å². The van der Waals surface area contributed by atoms with Crippen LogP contribution in [0.25, 0.3) is 0 Å².